The molecular weight excluding hydrogens is 454 g/mol. The minimum Gasteiger partial charge on any atom is -0.494 e. The molecular formula is C25H26F2N6O2. The first kappa shape index (κ1) is 22.8. The first-order valence-electron chi connectivity index (χ1n) is 11.5. The van der Waals surface area contributed by atoms with Crippen LogP contribution in [-0.4, -0.2) is 38.0 Å². The van der Waals surface area contributed by atoms with Gasteiger partial charge in [-0.2, -0.15) is 13.9 Å². The molecule has 0 amide bonds. The fraction of sp³-hybridized carbons (Fsp3) is 0.320. The minimum atomic E-state index is -2.83. The Morgan fingerprint density at radius 2 is 1.94 bits per heavy atom. The Morgan fingerprint density at radius 3 is 2.66 bits per heavy atom. The minimum absolute atomic E-state index is 0.0705. The lowest BCUT2D eigenvalue weighted by atomic mass is 9.93. The molecule has 0 saturated heterocycles. The number of hydrogen-bond donors (Lipinski definition) is 1. The summed E-state index contributed by atoms with van der Waals surface area (Å²) in [6.45, 7) is -0.124. The van der Waals surface area contributed by atoms with E-state index in [9.17, 15) is 8.78 Å². The van der Waals surface area contributed by atoms with Crippen molar-refractivity contribution in [2.24, 2.45) is 0 Å². The third-order valence-electron chi connectivity index (χ3n) is 6.07. The number of rotatable bonds is 7. The van der Waals surface area contributed by atoms with Crippen molar-refractivity contribution < 1.29 is 18.3 Å². The maximum absolute atomic E-state index is 12.5. The number of fused-ring (bicyclic) bond motifs is 1. The number of ether oxygens (including phenoxy) is 2. The molecule has 8 nitrogen and oxygen atoms in total. The van der Waals surface area contributed by atoms with Crippen LogP contribution in [0.15, 0.2) is 55.0 Å². The van der Waals surface area contributed by atoms with Crippen LogP contribution in [0.5, 0.6) is 11.5 Å². The molecule has 2 aromatic heterocycles. The van der Waals surface area contributed by atoms with Crippen LogP contribution in [0.4, 0.5) is 20.3 Å². The molecule has 1 N–H and O–H groups in total. The molecule has 0 fully saturated rings. The molecule has 4 aromatic rings. The predicted octanol–water partition coefficient (Wildman–Crippen LogP) is 5.44. The Bertz CT molecular complexity index is 1300. The van der Waals surface area contributed by atoms with Gasteiger partial charge in [0.15, 0.2) is 0 Å². The van der Waals surface area contributed by atoms with Crippen molar-refractivity contribution >= 4 is 11.5 Å². The first-order chi connectivity index (χ1) is 17.0. The number of imidazole rings is 1. The second-order valence-electron chi connectivity index (χ2n) is 8.42. The van der Waals surface area contributed by atoms with Crippen LogP contribution in [-0.2, 0) is 6.54 Å². The largest absolute Gasteiger partial charge is 0.494 e. The molecule has 5 rings (SSSR count). The summed E-state index contributed by atoms with van der Waals surface area (Å²) in [7, 11) is 1.62. The quantitative estimate of drug-likeness (QED) is 0.379. The van der Waals surface area contributed by atoms with Gasteiger partial charge in [0.2, 0.25) is 0 Å². The van der Waals surface area contributed by atoms with E-state index in [1.807, 2.05) is 43.5 Å². The van der Waals surface area contributed by atoms with Crippen molar-refractivity contribution in [3.8, 4) is 17.2 Å². The molecule has 10 heteroatoms. The lowest BCUT2D eigenvalue weighted by Gasteiger charge is -2.15. The molecule has 1 atom stereocenters. The average molecular weight is 481 g/mol. The number of aryl methyl sites for hydroxylation is 2. The zero-order valence-corrected chi connectivity index (χ0v) is 19.5. The van der Waals surface area contributed by atoms with E-state index in [0.717, 1.165) is 54.4 Å². The topological polar surface area (TPSA) is 79.0 Å². The SMILES string of the molecule is COc1cc(Nc2cn3c(n2)C(c2ccc(OC(F)F)cc2)CCCC3)ccc1-n1cnc(C)n1. The molecule has 3 heterocycles. The van der Waals surface area contributed by atoms with Crippen LogP contribution in [0.1, 0.15) is 42.4 Å². The fourth-order valence-electron chi connectivity index (χ4n) is 4.46. The summed E-state index contributed by atoms with van der Waals surface area (Å²) in [6.07, 6.45) is 6.71. The number of anilines is 2. The van der Waals surface area contributed by atoms with Gasteiger partial charge in [-0.1, -0.05) is 18.6 Å². The van der Waals surface area contributed by atoms with Crippen LogP contribution >= 0.6 is 0 Å². The monoisotopic (exact) mass is 480 g/mol. The van der Waals surface area contributed by atoms with Gasteiger partial charge < -0.3 is 19.4 Å². The van der Waals surface area contributed by atoms with Gasteiger partial charge in [0, 0.05) is 30.4 Å². The molecule has 1 aliphatic heterocycles. The van der Waals surface area contributed by atoms with Crippen molar-refractivity contribution in [1.29, 1.82) is 0 Å². The number of methoxy groups -OCH3 is 1. The van der Waals surface area contributed by atoms with Gasteiger partial charge in [-0.25, -0.2) is 14.6 Å². The third-order valence-corrected chi connectivity index (χ3v) is 6.07. The van der Waals surface area contributed by atoms with E-state index in [0.29, 0.717) is 11.6 Å². The van der Waals surface area contributed by atoms with E-state index >= 15 is 0 Å². The predicted molar refractivity (Wildman–Crippen MR) is 127 cm³/mol. The van der Waals surface area contributed by atoms with E-state index in [4.69, 9.17) is 9.72 Å². The Kier molecular flexibility index (Phi) is 6.35. The van der Waals surface area contributed by atoms with E-state index < -0.39 is 6.61 Å². The summed E-state index contributed by atoms with van der Waals surface area (Å²) in [5.74, 6) is 3.25. The molecule has 0 aliphatic carbocycles. The van der Waals surface area contributed by atoms with E-state index in [-0.39, 0.29) is 11.7 Å². The molecule has 182 valence electrons. The zero-order valence-electron chi connectivity index (χ0n) is 19.5. The Morgan fingerprint density at radius 1 is 1.11 bits per heavy atom. The van der Waals surface area contributed by atoms with Crippen LogP contribution in [0.25, 0.3) is 5.69 Å². The van der Waals surface area contributed by atoms with Crippen LogP contribution in [0.2, 0.25) is 0 Å². The lowest BCUT2D eigenvalue weighted by Crippen LogP contribution is -2.07. The van der Waals surface area contributed by atoms with Gasteiger partial charge in [0.05, 0.1) is 7.11 Å². The average Bonchev–Trinajstić information content (AvgIpc) is 3.40. The summed E-state index contributed by atoms with van der Waals surface area (Å²) >= 11 is 0. The summed E-state index contributed by atoms with van der Waals surface area (Å²) < 4.78 is 38.9. The van der Waals surface area contributed by atoms with Crippen molar-refractivity contribution in [2.75, 3.05) is 12.4 Å². The zero-order chi connectivity index (χ0) is 24.4. The second kappa shape index (κ2) is 9.73. The highest BCUT2D eigenvalue weighted by atomic mass is 19.3. The Labute approximate surface area is 201 Å². The lowest BCUT2D eigenvalue weighted by molar-refractivity contribution is -0.0498. The van der Waals surface area contributed by atoms with Crippen molar-refractivity contribution in [3.05, 3.63) is 72.2 Å². The van der Waals surface area contributed by atoms with Gasteiger partial charge in [-0.3, -0.25) is 0 Å². The van der Waals surface area contributed by atoms with Crippen LogP contribution in [0.3, 0.4) is 0 Å². The molecule has 0 bridgehead atoms. The van der Waals surface area contributed by atoms with Crippen molar-refractivity contribution in [3.63, 3.8) is 0 Å². The van der Waals surface area contributed by atoms with Gasteiger partial charge >= 0.3 is 6.61 Å². The number of alkyl halides is 2. The number of nitrogens with one attached hydrogen (secondary N) is 1. The van der Waals surface area contributed by atoms with Crippen molar-refractivity contribution in [2.45, 2.75) is 45.3 Å². The van der Waals surface area contributed by atoms with Crippen molar-refractivity contribution in [1.82, 2.24) is 24.3 Å². The van der Waals surface area contributed by atoms with Crippen LogP contribution in [0, 0.1) is 6.92 Å². The van der Waals surface area contributed by atoms with E-state index in [1.54, 1.807) is 30.3 Å². The number of aromatic nitrogens is 5. The standard InChI is InChI=1S/C25H26F2N6O2/c1-16-28-15-33(31-16)21-11-8-18(13-22(21)34-2)29-23-14-32-12-4-3-5-20(24(32)30-23)17-6-9-19(10-7-17)35-25(26)27/h6-11,13-15,20,25,29H,3-5,12H2,1-2H3. The highest BCUT2D eigenvalue weighted by Crippen LogP contribution is 2.35. The second-order valence-corrected chi connectivity index (χ2v) is 8.42. The smallest absolute Gasteiger partial charge is 0.387 e. The fourth-order valence-corrected chi connectivity index (χ4v) is 4.46. The first-order valence-corrected chi connectivity index (χ1v) is 11.5. The maximum atomic E-state index is 12.5. The van der Waals surface area contributed by atoms with E-state index in [1.165, 1.54) is 0 Å². The highest BCUT2D eigenvalue weighted by molar-refractivity contribution is 5.63. The molecule has 1 unspecified atom stereocenters. The summed E-state index contributed by atoms with van der Waals surface area (Å²) in [4.78, 5) is 9.09. The van der Waals surface area contributed by atoms with E-state index in [2.05, 4.69) is 24.7 Å². The third kappa shape index (κ3) is 4.96. The molecule has 0 spiro atoms. The highest BCUT2D eigenvalue weighted by Gasteiger charge is 2.24. The Balaban J connectivity index is 1.39. The number of halogens is 2. The Hall–Kier alpha value is -3.95. The van der Waals surface area contributed by atoms with Gasteiger partial charge in [0.1, 0.15) is 41.0 Å². The number of nitrogens with zero attached hydrogens (tertiary/aromatic N) is 5. The molecule has 1 aliphatic rings. The maximum Gasteiger partial charge on any atom is 0.387 e. The summed E-state index contributed by atoms with van der Waals surface area (Å²) in [6, 6.07) is 12.6. The van der Waals surface area contributed by atoms with Gasteiger partial charge in [0.25, 0.3) is 0 Å². The van der Waals surface area contributed by atoms with Crippen LogP contribution < -0.4 is 14.8 Å². The summed E-state index contributed by atoms with van der Waals surface area (Å²) in [5.41, 5.74) is 2.65. The molecule has 0 saturated carbocycles. The number of hydrogen-bond acceptors (Lipinski definition) is 6. The normalized spacial score (nSPS) is 15.5. The summed E-state index contributed by atoms with van der Waals surface area (Å²) in [5, 5.41) is 7.74. The number of benzene rings is 2. The molecule has 35 heavy (non-hydrogen) atoms. The molecule has 2 aromatic carbocycles. The van der Waals surface area contributed by atoms with Gasteiger partial charge in [-0.05, 0) is 49.6 Å². The molecule has 0 radical (unpaired) electrons. The van der Waals surface area contributed by atoms with Gasteiger partial charge in [-0.15, -0.1) is 0 Å².